The van der Waals surface area contributed by atoms with Gasteiger partial charge in [-0.1, -0.05) is 49.1 Å². The van der Waals surface area contributed by atoms with Crippen molar-refractivity contribution >= 4 is 29.1 Å². The van der Waals surface area contributed by atoms with Crippen molar-refractivity contribution in [1.82, 2.24) is 15.3 Å². The molecular weight excluding hydrogens is 443 g/mol. The largest absolute Gasteiger partial charge is 0.351 e. The molecule has 3 aromatic rings. The Morgan fingerprint density at radius 2 is 1.82 bits per heavy atom. The van der Waals surface area contributed by atoms with Crippen molar-refractivity contribution in [2.45, 2.75) is 44.2 Å². The van der Waals surface area contributed by atoms with E-state index in [0.717, 1.165) is 32.1 Å². The number of halogens is 2. The number of nitrogens with zero attached hydrogens (tertiary/aromatic N) is 3. The van der Waals surface area contributed by atoms with Crippen LogP contribution < -0.4 is 10.2 Å². The minimum Gasteiger partial charge on any atom is -0.351 e. The zero-order valence-corrected chi connectivity index (χ0v) is 18.7. The van der Waals surface area contributed by atoms with Gasteiger partial charge in [0.05, 0.1) is 6.20 Å². The fourth-order valence-corrected chi connectivity index (χ4v) is 4.32. The second-order valence-corrected chi connectivity index (χ2v) is 8.48. The van der Waals surface area contributed by atoms with E-state index in [2.05, 4.69) is 15.3 Å². The van der Waals surface area contributed by atoms with E-state index in [9.17, 15) is 14.0 Å². The first-order valence-electron chi connectivity index (χ1n) is 10.9. The number of hydrogen-bond acceptors (Lipinski definition) is 4. The lowest BCUT2D eigenvalue weighted by molar-refractivity contribution is -0.123. The maximum Gasteiger partial charge on any atom is 0.279 e. The number of anilines is 1. The van der Waals surface area contributed by atoms with Crippen LogP contribution in [-0.4, -0.2) is 27.8 Å². The molecule has 1 unspecified atom stereocenters. The van der Waals surface area contributed by atoms with Crippen molar-refractivity contribution in [3.05, 3.63) is 89.2 Å². The average molecular weight is 467 g/mol. The van der Waals surface area contributed by atoms with Gasteiger partial charge in [0.15, 0.2) is 0 Å². The Hall–Kier alpha value is -3.32. The predicted molar refractivity (Wildman–Crippen MR) is 124 cm³/mol. The van der Waals surface area contributed by atoms with Crippen molar-refractivity contribution in [1.29, 1.82) is 0 Å². The molecule has 1 N–H and O–H groups in total. The molecule has 0 saturated heterocycles. The lowest BCUT2D eigenvalue weighted by Gasteiger charge is -2.33. The first-order valence-corrected chi connectivity index (χ1v) is 11.3. The smallest absolute Gasteiger partial charge is 0.279 e. The predicted octanol–water partition coefficient (Wildman–Crippen LogP) is 5.11. The topological polar surface area (TPSA) is 75.2 Å². The monoisotopic (exact) mass is 466 g/mol. The molecule has 2 aromatic carbocycles. The fourth-order valence-electron chi connectivity index (χ4n) is 4.13. The minimum absolute atomic E-state index is 0.0297. The van der Waals surface area contributed by atoms with Gasteiger partial charge in [-0.25, -0.2) is 9.37 Å². The molecule has 1 aliphatic carbocycles. The highest BCUT2D eigenvalue weighted by Crippen LogP contribution is 2.32. The van der Waals surface area contributed by atoms with Crippen LogP contribution in [0, 0.1) is 5.82 Å². The molecule has 1 atom stereocenters. The normalized spacial score (nSPS) is 15.0. The summed E-state index contributed by atoms with van der Waals surface area (Å²) in [6, 6.07) is 11.3. The van der Waals surface area contributed by atoms with E-state index in [-0.39, 0.29) is 17.6 Å². The van der Waals surface area contributed by atoms with Crippen molar-refractivity contribution < 1.29 is 14.0 Å². The van der Waals surface area contributed by atoms with E-state index >= 15 is 0 Å². The third kappa shape index (κ3) is 5.54. The summed E-state index contributed by atoms with van der Waals surface area (Å²) in [5.74, 6) is -1.29. The third-order valence-corrected chi connectivity index (χ3v) is 5.97. The quantitative estimate of drug-likeness (QED) is 0.548. The number of carbonyl (C=O) groups excluding carboxylic acids is 2. The van der Waals surface area contributed by atoms with Crippen molar-refractivity contribution in [3.63, 3.8) is 0 Å². The highest BCUT2D eigenvalue weighted by atomic mass is 35.5. The molecule has 1 saturated carbocycles. The Bertz CT molecular complexity index is 1100. The molecule has 2 amide bonds. The van der Waals surface area contributed by atoms with E-state index in [1.54, 1.807) is 24.3 Å². The zero-order chi connectivity index (χ0) is 23.2. The number of aromatic nitrogens is 2. The summed E-state index contributed by atoms with van der Waals surface area (Å²) in [6.45, 7) is 0. The Morgan fingerprint density at radius 1 is 1.06 bits per heavy atom. The summed E-state index contributed by atoms with van der Waals surface area (Å²) in [5, 5.41) is 3.52. The Morgan fingerprint density at radius 3 is 2.48 bits per heavy atom. The Balaban J connectivity index is 1.80. The van der Waals surface area contributed by atoms with Crippen LogP contribution in [0.2, 0.25) is 5.02 Å². The van der Waals surface area contributed by atoms with Gasteiger partial charge in [0.2, 0.25) is 5.91 Å². The van der Waals surface area contributed by atoms with Crippen LogP contribution in [0.4, 0.5) is 10.1 Å². The number of nitrogens with one attached hydrogen (secondary N) is 1. The zero-order valence-electron chi connectivity index (χ0n) is 18.0. The highest BCUT2D eigenvalue weighted by molar-refractivity contribution is 6.31. The van der Waals surface area contributed by atoms with Crippen LogP contribution in [0.1, 0.15) is 54.2 Å². The van der Waals surface area contributed by atoms with Gasteiger partial charge in [0.1, 0.15) is 17.6 Å². The van der Waals surface area contributed by atoms with Crippen LogP contribution in [0.15, 0.2) is 67.1 Å². The van der Waals surface area contributed by atoms with Crippen LogP contribution in [0.25, 0.3) is 0 Å². The van der Waals surface area contributed by atoms with Gasteiger partial charge >= 0.3 is 0 Å². The van der Waals surface area contributed by atoms with E-state index in [4.69, 9.17) is 11.6 Å². The van der Waals surface area contributed by atoms with Gasteiger partial charge in [-0.3, -0.25) is 19.5 Å². The lowest BCUT2D eigenvalue weighted by Crippen LogP contribution is -2.47. The molecule has 8 heteroatoms. The summed E-state index contributed by atoms with van der Waals surface area (Å²) in [4.78, 5) is 36.8. The molecular formula is C25H24ClFN4O2. The van der Waals surface area contributed by atoms with Crippen LogP contribution in [0.3, 0.4) is 0 Å². The van der Waals surface area contributed by atoms with Gasteiger partial charge in [0.25, 0.3) is 5.91 Å². The number of rotatable bonds is 6. The molecule has 170 valence electrons. The van der Waals surface area contributed by atoms with E-state index in [0.29, 0.717) is 16.3 Å². The van der Waals surface area contributed by atoms with E-state index < -0.39 is 17.8 Å². The van der Waals surface area contributed by atoms with Crippen LogP contribution in [0.5, 0.6) is 0 Å². The van der Waals surface area contributed by atoms with Crippen LogP contribution in [-0.2, 0) is 4.79 Å². The van der Waals surface area contributed by atoms with Gasteiger partial charge in [-0.05, 0) is 48.7 Å². The summed E-state index contributed by atoms with van der Waals surface area (Å²) in [6.07, 6.45) is 9.24. The standard InChI is InChI=1S/C25H24ClFN4O2/c26-18-5-4-8-21(15-18)31(25(33)22-16-28-13-14-29-22)23(17-9-11-19(27)12-10-17)24(32)30-20-6-2-1-3-7-20/h4-5,8-16,20,23H,1-3,6-7H2,(H,30,32). The second-order valence-electron chi connectivity index (χ2n) is 8.04. The number of benzene rings is 2. The third-order valence-electron chi connectivity index (χ3n) is 5.73. The molecule has 0 aliphatic heterocycles. The molecule has 6 nitrogen and oxygen atoms in total. The van der Waals surface area contributed by atoms with E-state index in [1.165, 1.54) is 47.8 Å². The summed E-state index contributed by atoms with van der Waals surface area (Å²) in [7, 11) is 0. The first-order chi connectivity index (χ1) is 16.0. The molecule has 0 spiro atoms. The number of carbonyl (C=O) groups is 2. The molecule has 1 aromatic heterocycles. The highest BCUT2D eigenvalue weighted by Gasteiger charge is 2.35. The maximum atomic E-state index is 13.7. The Labute approximate surface area is 196 Å². The van der Waals surface area contributed by atoms with E-state index in [1.807, 2.05) is 0 Å². The summed E-state index contributed by atoms with van der Waals surface area (Å²) >= 11 is 6.23. The molecule has 33 heavy (non-hydrogen) atoms. The maximum absolute atomic E-state index is 13.7. The van der Waals surface area contributed by atoms with Crippen molar-refractivity contribution in [2.24, 2.45) is 0 Å². The molecule has 1 heterocycles. The molecule has 0 radical (unpaired) electrons. The molecule has 0 bridgehead atoms. The van der Waals surface area contributed by atoms with Gasteiger partial charge in [-0.15, -0.1) is 0 Å². The number of hydrogen-bond donors (Lipinski definition) is 1. The Kier molecular flexibility index (Phi) is 7.29. The van der Waals surface area contributed by atoms with Gasteiger partial charge in [-0.2, -0.15) is 0 Å². The van der Waals surface area contributed by atoms with Crippen molar-refractivity contribution in [3.8, 4) is 0 Å². The SMILES string of the molecule is O=C(NC1CCCCC1)C(c1ccc(F)cc1)N(C(=O)c1cnccn1)c1cccc(Cl)c1. The molecule has 4 rings (SSSR count). The summed E-state index contributed by atoms with van der Waals surface area (Å²) in [5.41, 5.74) is 0.975. The average Bonchev–Trinajstić information content (AvgIpc) is 2.84. The fraction of sp³-hybridized carbons (Fsp3) is 0.280. The first kappa shape index (κ1) is 22.9. The molecule has 1 aliphatic rings. The molecule has 1 fully saturated rings. The van der Waals surface area contributed by atoms with Gasteiger partial charge in [0, 0.05) is 29.1 Å². The lowest BCUT2D eigenvalue weighted by atomic mass is 9.94. The minimum atomic E-state index is -1.06. The van der Waals surface area contributed by atoms with Crippen molar-refractivity contribution in [2.75, 3.05) is 4.90 Å². The number of amides is 2. The van der Waals surface area contributed by atoms with Crippen LogP contribution >= 0.6 is 11.6 Å². The van der Waals surface area contributed by atoms with Gasteiger partial charge < -0.3 is 5.32 Å². The second kappa shape index (κ2) is 10.5. The summed E-state index contributed by atoms with van der Waals surface area (Å²) < 4.78 is 13.7.